The average Bonchev–Trinajstić information content (AvgIpc) is 2.64. The molecule has 0 amide bonds. The number of hydrogen-bond acceptors (Lipinski definition) is 4. The summed E-state index contributed by atoms with van der Waals surface area (Å²) in [4.78, 5) is 0. The Hall–Kier alpha value is -0.850. The van der Waals surface area contributed by atoms with Crippen LogP contribution in [-0.4, -0.2) is 20.7 Å². The summed E-state index contributed by atoms with van der Waals surface area (Å²) in [5, 5.41) is 0. The number of sulfonamides is 1. The topological polar surface area (TPSA) is 85.3 Å². The summed E-state index contributed by atoms with van der Waals surface area (Å²) in [5.74, 6) is 1.51. The third-order valence-corrected chi connectivity index (χ3v) is 3.95. The Kier molecular flexibility index (Phi) is 5.17. The molecule has 0 aliphatic carbocycles. The van der Waals surface area contributed by atoms with Gasteiger partial charge in [0.2, 0.25) is 10.0 Å². The molecule has 0 fully saturated rings. The maximum absolute atomic E-state index is 11.7. The first kappa shape index (κ1) is 14.2. The van der Waals surface area contributed by atoms with Crippen molar-refractivity contribution in [2.75, 3.05) is 12.3 Å². The van der Waals surface area contributed by atoms with Crippen LogP contribution in [0.3, 0.4) is 0 Å². The molecule has 1 aromatic heterocycles. The monoisotopic (exact) mass is 260 g/mol. The van der Waals surface area contributed by atoms with Gasteiger partial charge in [0, 0.05) is 0 Å². The van der Waals surface area contributed by atoms with Gasteiger partial charge >= 0.3 is 0 Å². The normalized spacial score (nSPS) is 13.8. The lowest BCUT2D eigenvalue weighted by molar-refractivity contribution is 0.441. The van der Waals surface area contributed by atoms with Crippen LogP contribution in [0.15, 0.2) is 16.5 Å². The van der Waals surface area contributed by atoms with Gasteiger partial charge in [-0.15, -0.1) is 0 Å². The largest absolute Gasteiger partial charge is 0.465 e. The molecule has 0 aliphatic heterocycles. The molecule has 1 aromatic rings. The van der Waals surface area contributed by atoms with Gasteiger partial charge in [0.05, 0.1) is 11.8 Å². The lowest BCUT2D eigenvalue weighted by Crippen LogP contribution is -2.29. The van der Waals surface area contributed by atoms with Crippen LogP contribution in [-0.2, 0) is 10.0 Å². The summed E-state index contributed by atoms with van der Waals surface area (Å²) in [7, 11) is -3.26. The van der Waals surface area contributed by atoms with E-state index in [1.54, 1.807) is 13.0 Å². The molecule has 1 atom stereocenters. The number of aryl methyl sites for hydroxylation is 1. The van der Waals surface area contributed by atoms with E-state index in [1.807, 2.05) is 13.0 Å². The summed E-state index contributed by atoms with van der Waals surface area (Å²) in [6.07, 6.45) is 1.30. The average molecular weight is 260 g/mol. The Labute approximate surface area is 102 Å². The molecule has 5 nitrogen and oxygen atoms in total. The fourth-order valence-corrected chi connectivity index (χ4v) is 2.87. The van der Waals surface area contributed by atoms with E-state index in [0.29, 0.717) is 18.7 Å². The number of rotatable bonds is 7. The second kappa shape index (κ2) is 6.18. The van der Waals surface area contributed by atoms with Crippen molar-refractivity contribution in [1.82, 2.24) is 4.72 Å². The third-order valence-electron chi connectivity index (χ3n) is 2.41. The summed E-state index contributed by atoms with van der Waals surface area (Å²) >= 11 is 0. The summed E-state index contributed by atoms with van der Waals surface area (Å²) in [6, 6.07) is 3.25. The van der Waals surface area contributed by atoms with Crippen LogP contribution in [0.1, 0.15) is 37.3 Å². The van der Waals surface area contributed by atoms with E-state index in [1.165, 1.54) is 0 Å². The van der Waals surface area contributed by atoms with E-state index in [2.05, 4.69) is 4.72 Å². The molecule has 0 aliphatic rings. The molecular formula is C11H20N2O3S. The van der Waals surface area contributed by atoms with Crippen molar-refractivity contribution in [3.05, 3.63) is 23.7 Å². The minimum atomic E-state index is -3.26. The smallest absolute Gasteiger partial charge is 0.212 e. The third kappa shape index (κ3) is 4.89. The molecule has 0 aromatic carbocycles. The first-order chi connectivity index (χ1) is 7.94. The molecule has 0 spiro atoms. The highest BCUT2D eigenvalue weighted by atomic mass is 32.2. The predicted molar refractivity (Wildman–Crippen MR) is 67.1 cm³/mol. The standard InChI is InChI=1S/C11H20N2O3S/c1-9-5-6-11(16-9)10(2)13-17(14,15)8-4-3-7-12/h5-6,10,13H,3-4,7-8,12H2,1-2H3. The van der Waals surface area contributed by atoms with Gasteiger partial charge in [0.25, 0.3) is 0 Å². The van der Waals surface area contributed by atoms with Gasteiger partial charge < -0.3 is 10.2 Å². The second-order valence-electron chi connectivity index (χ2n) is 4.10. The Morgan fingerprint density at radius 3 is 2.65 bits per heavy atom. The number of unbranched alkanes of at least 4 members (excludes halogenated alkanes) is 1. The molecule has 1 unspecified atom stereocenters. The van der Waals surface area contributed by atoms with Crippen molar-refractivity contribution in [1.29, 1.82) is 0 Å². The molecule has 1 heterocycles. The van der Waals surface area contributed by atoms with Crippen LogP contribution in [0.4, 0.5) is 0 Å². The lowest BCUT2D eigenvalue weighted by atomic mass is 10.3. The van der Waals surface area contributed by atoms with Gasteiger partial charge in [-0.3, -0.25) is 0 Å². The fraction of sp³-hybridized carbons (Fsp3) is 0.636. The Morgan fingerprint density at radius 1 is 1.41 bits per heavy atom. The van der Waals surface area contributed by atoms with Gasteiger partial charge in [-0.1, -0.05) is 0 Å². The van der Waals surface area contributed by atoms with Crippen LogP contribution in [0, 0.1) is 6.92 Å². The Morgan fingerprint density at radius 2 is 2.12 bits per heavy atom. The molecule has 6 heteroatoms. The number of hydrogen-bond donors (Lipinski definition) is 2. The Balaban J connectivity index is 2.52. The van der Waals surface area contributed by atoms with Crippen molar-refractivity contribution >= 4 is 10.0 Å². The summed E-state index contributed by atoms with van der Waals surface area (Å²) in [6.45, 7) is 4.10. The zero-order chi connectivity index (χ0) is 12.9. The van der Waals surface area contributed by atoms with E-state index in [0.717, 1.165) is 12.2 Å². The van der Waals surface area contributed by atoms with Crippen molar-refractivity contribution in [3.8, 4) is 0 Å². The predicted octanol–water partition coefficient (Wildman–Crippen LogP) is 1.31. The molecule has 17 heavy (non-hydrogen) atoms. The molecule has 0 bridgehead atoms. The molecule has 98 valence electrons. The second-order valence-corrected chi connectivity index (χ2v) is 5.98. The summed E-state index contributed by atoms with van der Waals surface area (Å²) in [5.41, 5.74) is 5.32. The van der Waals surface area contributed by atoms with Gasteiger partial charge in [0.1, 0.15) is 11.5 Å². The van der Waals surface area contributed by atoms with Crippen LogP contribution < -0.4 is 10.5 Å². The highest BCUT2D eigenvalue weighted by Crippen LogP contribution is 2.16. The number of nitrogens with two attached hydrogens (primary N) is 1. The van der Waals surface area contributed by atoms with Crippen LogP contribution in [0.2, 0.25) is 0 Å². The Bertz CT molecular complexity index is 439. The quantitative estimate of drug-likeness (QED) is 0.724. The maximum Gasteiger partial charge on any atom is 0.212 e. The van der Waals surface area contributed by atoms with Crippen molar-refractivity contribution in [2.24, 2.45) is 5.73 Å². The zero-order valence-corrected chi connectivity index (χ0v) is 11.1. The van der Waals surface area contributed by atoms with Gasteiger partial charge in [-0.2, -0.15) is 0 Å². The van der Waals surface area contributed by atoms with Crippen LogP contribution in [0.25, 0.3) is 0 Å². The van der Waals surface area contributed by atoms with Gasteiger partial charge in [-0.05, 0) is 45.4 Å². The maximum atomic E-state index is 11.7. The van der Waals surface area contributed by atoms with E-state index < -0.39 is 10.0 Å². The minimum absolute atomic E-state index is 0.105. The first-order valence-electron chi connectivity index (χ1n) is 5.71. The fourth-order valence-electron chi connectivity index (χ4n) is 1.51. The van der Waals surface area contributed by atoms with Crippen molar-refractivity contribution in [2.45, 2.75) is 32.7 Å². The van der Waals surface area contributed by atoms with Gasteiger partial charge in [0.15, 0.2) is 0 Å². The molecule has 3 N–H and O–H groups in total. The SMILES string of the molecule is Cc1ccc(C(C)NS(=O)(=O)CCCCN)o1. The lowest BCUT2D eigenvalue weighted by Gasteiger charge is -2.11. The zero-order valence-electron chi connectivity index (χ0n) is 10.3. The molecule has 1 rings (SSSR count). The van der Waals surface area contributed by atoms with Crippen LogP contribution >= 0.6 is 0 Å². The molecule has 0 saturated carbocycles. The molecule has 0 radical (unpaired) electrons. The van der Waals surface area contributed by atoms with Gasteiger partial charge in [-0.25, -0.2) is 13.1 Å². The highest BCUT2D eigenvalue weighted by molar-refractivity contribution is 7.89. The molecular weight excluding hydrogens is 240 g/mol. The van der Waals surface area contributed by atoms with Crippen molar-refractivity contribution in [3.63, 3.8) is 0 Å². The number of nitrogens with one attached hydrogen (secondary N) is 1. The highest BCUT2D eigenvalue weighted by Gasteiger charge is 2.17. The van der Waals surface area contributed by atoms with E-state index in [-0.39, 0.29) is 11.8 Å². The van der Waals surface area contributed by atoms with E-state index in [4.69, 9.17) is 10.2 Å². The van der Waals surface area contributed by atoms with Crippen molar-refractivity contribution < 1.29 is 12.8 Å². The van der Waals surface area contributed by atoms with Crippen LogP contribution in [0.5, 0.6) is 0 Å². The number of furan rings is 1. The van der Waals surface area contributed by atoms with E-state index in [9.17, 15) is 8.42 Å². The first-order valence-corrected chi connectivity index (χ1v) is 7.36. The van der Waals surface area contributed by atoms with E-state index >= 15 is 0 Å². The minimum Gasteiger partial charge on any atom is -0.465 e. The summed E-state index contributed by atoms with van der Waals surface area (Å²) < 4.78 is 31.4. The molecule has 0 saturated heterocycles.